The van der Waals surface area contributed by atoms with Crippen molar-refractivity contribution in [3.63, 3.8) is 0 Å². The Morgan fingerprint density at radius 3 is 2.84 bits per heavy atom. The fourth-order valence-corrected chi connectivity index (χ4v) is 2.26. The lowest BCUT2D eigenvalue weighted by Crippen LogP contribution is -2.25. The normalized spacial score (nSPS) is 18.1. The van der Waals surface area contributed by atoms with Gasteiger partial charge in [0.2, 0.25) is 0 Å². The van der Waals surface area contributed by atoms with E-state index in [-0.39, 0.29) is 0 Å². The van der Waals surface area contributed by atoms with E-state index in [2.05, 4.69) is 34.7 Å². The molecule has 1 saturated carbocycles. The summed E-state index contributed by atoms with van der Waals surface area (Å²) in [6.45, 7) is 4.50. The highest BCUT2D eigenvalue weighted by atomic mass is 35.5. The first-order valence-corrected chi connectivity index (χ1v) is 6.76. The first-order chi connectivity index (χ1) is 9.08. The molecule has 1 aromatic heterocycles. The van der Waals surface area contributed by atoms with E-state index in [1.165, 1.54) is 12.8 Å². The first-order valence-electron chi connectivity index (χ1n) is 6.38. The van der Waals surface area contributed by atoms with Crippen LogP contribution >= 0.6 is 11.6 Å². The zero-order valence-corrected chi connectivity index (χ0v) is 11.7. The fourth-order valence-electron chi connectivity index (χ4n) is 2.08. The molecule has 0 bridgehead atoms. The second kappa shape index (κ2) is 4.49. The molecule has 1 N–H and O–H groups in total. The largest absolute Gasteiger partial charge is 0.381 e. The summed E-state index contributed by atoms with van der Waals surface area (Å²) < 4.78 is 1.62. The maximum Gasteiger partial charge on any atom is 0.143 e. The predicted octanol–water partition coefficient (Wildman–Crippen LogP) is 2.92. The van der Waals surface area contributed by atoms with Gasteiger partial charge in [0, 0.05) is 6.04 Å². The van der Waals surface area contributed by atoms with Crippen LogP contribution in [0.1, 0.15) is 26.7 Å². The summed E-state index contributed by atoms with van der Waals surface area (Å²) in [5.41, 5.74) is 2.22. The minimum absolute atomic E-state index is 0.397. The van der Waals surface area contributed by atoms with Gasteiger partial charge in [-0.3, -0.25) is 0 Å². The average Bonchev–Trinajstić information content (AvgIpc) is 2.94. The van der Waals surface area contributed by atoms with Gasteiger partial charge in [0.1, 0.15) is 6.33 Å². The number of aromatic nitrogens is 4. The standard InChI is InChI=1S/C13H16ClN5/c1-9(13(2)5-6-13)16-12-7-10(3-4-11(12)14)19-8-15-17-18-19/h3-4,7-9,16H,5-6H2,1-2H3. The van der Waals surface area contributed by atoms with Gasteiger partial charge in [-0.15, -0.1) is 5.10 Å². The molecule has 0 aliphatic heterocycles. The number of anilines is 1. The van der Waals surface area contributed by atoms with Gasteiger partial charge in [-0.05, 0) is 53.8 Å². The molecule has 6 heteroatoms. The highest BCUT2D eigenvalue weighted by Crippen LogP contribution is 2.49. The third-order valence-electron chi connectivity index (χ3n) is 4.02. The highest BCUT2D eigenvalue weighted by molar-refractivity contribution is 6.33. The number of hydrogen-bond acceptors (Lipinski definition) is 4. The monoisotopic (exact) mass is 277 g/mol. The molecule has 1 fully saturated rings. The first kappa shape index (κ1) is 12.4. The van der Waals surface area contributed by atoms with Crippen LogP contribution in [0.3, 0.4) is 0 Å². The maximum absolute atomic E-state index is 6.25. The molecule has 19 heavy (non-hydrogen) atoms. The average molecular weight is 278 g/mol. The van der Waals surface area contributed by atoms with Gasteiger partial charge >= 0.3 is 0 Å². The van der Waals surface area contributed by atoms with Crippen LogP contribution in [0.15, 0.2) is 24.5 Å². The van der Waals surface area contributed by atoms with Crippen LogP contribution < -0.4 is 5.32 Å². The number of nitrogens with one attached hydrogen (secondary N) is 1. The Kier molecular flexibility index (Phi) is 2.93. The van der Waals surface area contributed by atoms with E-state index >= 15 is 0 Å². The van der Waals surface area contributed by atoms with E-state index in [1.807, 2.05) is 18.2 Å². The maximum atomic E-state index is 6.25. The summed E-state index contributed by atoms with van der Waals surface area (Å²) in [5.74, 6) is 0. The van der Waals surface area contributed by atoms with Gasteiger partial charge in [-0.1, -0.05) is 18.5 Å². The van der Waals surface area contributed by atoms with Crippen LogP contribution in [0.4, 0.5) is 5.69 Å². The SMILES string of the molecule is CC(Nc1cc(-n2cnnn2)ccc1Cl)C1(C)CC1. The minimum Gasteiger partial charge on any atom is -0.381 e. The lowest BCUT2D eigenvalue weighted by Gasteiger charge is -2.22. The van der Waals surface area contributed by atoms with Crippen molar-refractivity contribution in [2.45, 2.75) is 32.7 Å². The molecular formula is C13H16ClN5. The third kappa shape index (κ3) is 2.42. The third-order valence-corrected chi connectivity index (χ3v) is 4.35. The zero-order chi connectivity index (χ0) is 13.5. The molecule has 1 atom stereocenters. The molecule has 0 amide bonds. The molecular weight excluding hydrogens is 262 g/mol. The van der Waals surface area contributed by atoms with Crippen molar-refractivity contribution in [2.75, 3.05) is 5.32 Å². The van der Waals surface area contributed by atoms with E-state index in [9.17, 15) is 0 Å². The van der Waals surface area contributed by atoms with Gasteiger partial charge in [0.05, 0.1) is 16.4 Å². The summed E-state index contributed by atoms with van der Waals surface area (Å²) in [6.07, 6.45) is 4.11. The molecule has 2 aromatic rings. The van der Waals surface area contributed by atoms with Crippen LogP contribution in [0, 0.1) is 5.41 Å². The van der Waals surface area contributed by atoms with Crippen molar-refractivity contribution < 1.29 is 0 Å². The number of tetrazole rings is 1. The van der Waals surface area contributed by atoms with Crippen molar-refractivity contribution in [3.05, 3.63) is 29.5 Å². The Labute approximate surface area is 117 Å². The lowest BCUT2D eigenvalue weighted by molar-refractivity contribution is 0.493. The second-order valence-electron chi connectivity index (χ2n) is 5.44. The Morgan fingerprint density at radius 1 is 1.42 bits per heavy atom. The highest BCUT2D eigenvalue weighted by Gasteiger charge is 2.42. The number of rotatable bonds is 4. The van der Waals surface area contributed by atoms with Crippen LogP contribution in [0.25, 0.3) is 5.69 Å². The lowest BCUT2D eigenvalue weighted by atomic mass is 10.0. The van der Waals surface area contributed by atoms with Gasteiger partial charge in [0.15, 0.2) is 0 Å². The predicted molar refractivity (Wildman–Crippen MR) is 74.6 cm³/mol. The van der Waals surface area contributed by atoms with Gasteiger partial charge < -0.3 is 5.32 Å². The van der Waals surface area contributed by atoms with Gasteiger partial charge in [-0.25, -0.2) is 4.68 Å². The topological polar surface area (TPSA) is 55.6 Å². The molecule has 0 spiro atoms. The second-order valence-corrected chi connectivity index (χ2v) is 5.85. The summed E-state index contributed by atoms with van der Waals surface area (Å²) in [7, 11) is 0. The summed E-state index contributed by atoms with van der Waals surface area (Å²) >= 11 is 6.25. The molecule has 1 aromatic carbocycles. The molecule has 0 saturated heterocycles. The van der Waals surface area contributed by atoms with Crippen molar-refractivity contribution in [1.29, 1.82) is 0 Å². The van der Waals surface area contributed by atoms with Crippen molar-refractivity contribution in [1.82, 2.24) is 20.2 Å². The fraction of sp³-hybridized carbons (Fsp3) is 0.462. The van der Waals surface area contributed by atoms with Crippen LogP contribution in [0.5, 0.6) is 0 Å². The minimum atomic E-state index is 0.397. The smallest absolute Gasteiger partial charge is 0.143 e. The van der Waals surface area contributed by atoms with Gasteiger partial charge in [-0.2, -0.15) is 0 Å². The van der Waals surface area contributed by atoms with E-state index in [1.54, 1.807) is 11.0 Å². The number of benzene rings is 1. The Morgan fingerprint density at radius 2 is 2.21 bits per heavy atom. The van der Waals surface area contributed by atoms with E-state index < -0.39 is 0 Å². The Bertz CT molecular complexity index is 577. The quantitative estimate of drug-likeness (QED) is 0.934. The summed E-state index contributed by atoms with van der Waals surface area (Å²) in [5, 5.41) is 15.4. The molecule has 0 radical (unpaired) electrons. The Hall–Kier alpha value is -1.62. The molecule has 1 aliphatic rings. The van der Waals surface area contributed by atoms with Crippen LogP contribution in [-0.2, 0) is 0 Å². The molecule has 100 valence electrons. The van der Waals surface area contributed by atoms with E-state index in [0.29, 0.717) is 16.5 Å². The molecule has 1 heterocycles. The van der Waals surface area contributed by atoms with Crippen LogP contribution in [0.2, 0.25) is 5.02 Å². The number of hydrogen-bond donors (Lipinski definition) is 1. The van der Waals surface area contributed by atoms with Crippen molar-refractivity contribution in [2.24, 2.45) is 5.41 Å². The molecule has 1 aliphatic carbocycles. The van der Waals surface area contributed by atoms with Crippen molar-refractivity contribution in [3.8, 4) is 5.69 Å². The van der Waals surface area contributed by atoms with E-state index in [4.69, 9.17) is 11.6 Å². The molecule has 1 unspecified atom stereocenters. The van der Waals surface area contributed by atoms with Gasteiger partial charge in [0.25, 0.3) is 0 Å². The van der Waals surface area contributed by atoms with Crippen molar-refractivity contribution >= 4 is 17.3 Å². The van der Waals surface area contributed by atoms with E-state index in [0.717, 1.165) is 11.4 Å². The molecule has 3 rings (SSSR count). The van der Waals surface area contributed by atoms with Crippen LogP contribution in [-0.4, -0.2) is 26.2 Å². The summed E-state index contributed by atoms with van der Waals surface area (Å²) in [6, 6.07) is 6.13. The Balaban J connectivity index is 1.86. The number of nitrogens with zero attached hydrogens (tertiary/aromatic N) is 4. The summed E-state index contributed by atoms with van der Waals surface area (Å²) in [4.78, 5) is 0. The zero-order valence-electron chi connectivity index (χ0n) is 11.0. The number of halogens is 1. The molecule has 5 nitrogen and oxygen atoms in total.